The van der Waals surface area contributed by atoms with Crippen LogP contribution in [0.2, 0.25) is 0 Å². The van der Waals surface area contributed by atoms with Crippen molar-refractivity contribution in [2.24, 2.45) is 5.41 Å². The Bertz CT molecular complexity index is 680. The summed E-state index contributed by atoms with van der Waals surface area (Å²) in [4.78, 5) is 28.7. The van der Waals surface area contributed by atoms with Gasteiger partial charge in [-0.05, 0) is 45.7 Å². The Labute approximate surface area is 152 Å². The van der Waals surface area contributed by atoms with Crippen molar-refractivity contribution in [1.29, 1.82) is 0 Å². The summed E-state index contributed by atoms with van der Waals surface area (Å²) in [5, 5.41) is 11.6. The third-order valence-corrected chi connectivity index (χ3v) is 4.48. The molecule has 0 aliphatic carbocycles. The lowest BCUT2D eigenvalue weighted by atomic mass is 9.92. The molecule has 1 aromatic heterocycles. The van der Waals surface area contributed by atoms with Crippen LogP contribution in [0.5, 0.6) is 5.88 Å². The number of alkyl halides is 1. The van der Waals surface area contributed by atoms with E-state index in [2.05, 4.69) is 10.3 Å². The Hall–Kier alpha value is -2.38. The summed E-state index contributed by atoms with van der Waals surface area (Å²) >= 11 is 0. The van der Waals surface area contributed by atoms with E-state index in [0.717, 1.165) is 16.0 Å². The predicted octanol–water partition coefficient (Wildman–Crippen LogP) is 2.31. The van der Waals surface area contributed by atoms with E-state index in [1.165, 1.54) is 0 Å². The average molecular weight is 367 g/mol. The van der Waals surface area contributed by atoms with Crippen molar-refractivity contribution >= 4 is 12.0 Å². The number of aryl methyl sites for hydroxylation is 2. The molecule has 0 radical (unpaired) electrons. The summed E-state index contributed by atoms with van der Waals surface area (Å²) in [6, 6.07) is 1.25. The van der Waals surface area contributed by atoms with Crippen LogP contribution in [-0.4, -0.2) is 58.9 Å². The van der Waals surface area contributed by atoms with Crippen LogP contribution < -0.4 is 10.1 Å². The molecule has 1 aliphatic heterocycles. The fourth-order valence-corrected chi connectivity index (χ4v) is 2.77. The monoisotopic (exact) mass is 367 g/mol. The number of amides is 2. The molecule has 7 nitrogen and oxygen atoms in total. The molecule has 0 saturated carbocycles. The second-order valence-electron chi connectivity index (χ2n) is 7.42. The van der Waals surface area contributed by atoms with Crippen molar-refractivity contribution in [2.75, 3.05) is 19.7 Å². The molecular formula is C18H26FN3O4. The second kappa shape index (κ2) is 7.88. The maximum atomic E-state index is 14.2. The van der Waals surface area contributed by atoms with Gasteiger partial charge in [-0.15, -0.1) is 0 Å². The third kappa shape index (κ3) is 4.83. The van der Waals surface area contributed by atoms with Gasteiger partial charge in [-0.25, -0.2) is 14.2 Å². The zero-order valence-corrected chi connectivity index (χ0v) is 15.6. The number of carbonyl (C=O) groups excluding carboxylic acids is 1. The van der Waals surface area contributed by atoms with Gasteiger partial charge in [0, 0.05) is 18.3 Å². The maximum Gasteiger partial charge on any atom is 0.407 e. The molecule has 0 aromatic carbocycles. The van der Waals surface area contributed by atoms with Gasteiger partial charge in [-0.1, -0.05) is 0 Å². The number of halogens is 1. The van der Waals surface area contributed by atoms with Crippen LogP contribution in [0.25, 0.3) is 0 Å². The first kappa shape index (κ1) is 19.9. The van der Waals surface area contributed by atoms with Gasteiger partial charge in [0.15, 0.2) is 0 Å². The number of hydrogen-bond donors (Lipinski definition) is 2. The van der Waals surface area contributed by atoms with Gasteiger partial charge in [-0.2, -0.15) is 0 Å². The predicted molar refractivity (Wildman–Crippen MR) is 94.0 cm³/mol. The zero-order valence-electron chi connectivity index (χ0n) is 15.6. The molecule has 2 amide bonds. The summed E-state index contributed by atoms with van der Waals surface area (Å²) < 4.78 is 19.9. The van der Waals surface area contributed by atoms with Gasteiger partial charge in [-0.3, -0.25) is 4.79 Å². The lowest BCUT2D eigenvalue weighted by Crippen LogP contribution is -2.56. The molecular weight excluding hydrogens is 341 g/mol. The first-order valence-corrected chi connectivity index (χ1v) is 8.59. The van der Waals surface area contributed by atoms with Gasteiger partial charge in [0.25, 0.3) is 0 Å². The van der Waals surface area contributed by atoms with Crippen molar-refractivity contribution < 1.29 is 23.8 Å². The van der Waals surface area contributed by atoms with Crippen molar-refractivity contribution in [2.45, 2.75) is 46.3 Å². The molecule has 0 bridgehead atoms. The number of hydrogen-bond acceptors (Lipinski definition) is 4. The average Bonchev–Trinajstić information content (AvgIpc) is 2.55. The summed E-state index contributed by atoms with van der Waals surface area (Å²) in [5.74, 6) is 0.133. The highest BCUT2D eigenvalue weighted by Gasteiger charge is 2.36. The molecule has 144 valence electrons. The van der Waals surface area contributed by atoms with Gasteiger partial charge in [0.05, 0.1) is 18.0 Å². The Morgan fingerprint density at radius 3 is 2.73 bits per heavy atom. The summed E-state index contributed by atoms with van der Waals surface area (Å²) in [6.07, 6.45) is -0.637. The minimum atomic E-state index is -1.43. The standard InChI is InChI=1S/C18H26FN3O4/c1-11-7-12(2)15(20-8-11)26-10-18(3,4)16(23)21-14-5-6-22(17(24)25)9-13(14)19/h7-8,13-14H,5-6,9-10H2,1-4H3,(H,21,23)(H,24,25)/t13-,14-/m0/s1. The van der Waals surface area contributed by atoms with Crippen LogP contribution in [0, 0.1) is 19.3 Å². The normalized spacial score (nSPS) is 20.6. The lowest BCUT2D eigenvalue weighted by Gasteiger charge is -2.35. The number of aromatic nitrogens is 1. The van der Waals surface area contributed by atoms with Gasteiger partial charge < -0.3 is 20.1 Å². The van der Waals surface area contributed by atoms with Gasteiger partial charge in [0.2, 0.25) is 11.8 Å². The molecule has 1 saturated heterocycles. The fourth-order valence-electron chi connectivity index (χ4n) is 2.77. The number of carbonyl (C=O) groups is 2. The molecule has 2 atom stereocenters. The number of ether oxygens (including phenoxy) is 1. The van der Waals surface area contributed by atoms with E-state index < -0.39 is 23.7 Å². The number of nitrogens with one attached hydrogen (secondary N) is 1. The molecule has 2 N–H and O–H groups in total. The minimum Gasteiger partial charge on any atom is -0.476 e. The summed E-state index contributed by atoms with van der Waals surface area (Å²) in [6.45, 7) is 7.31. The van der Waals surface area contributed by atoms with E-state index in [1.54, 1.807) is 20.0 Å². The number of likely N-dealkylation sites (tertiary alicyclic amines) is 1. The second-order valence-corrected chi connectivity index (χ2v) is 7.42. The topological polar surface area (TPSA) is 91.8 Å². The third-order valence-electron chi connectivity index (χ3n) is 4.48. The van der Waals surface area contributed by atoms with Gasteiger partial charge >= 0.3 is 6.09 Å². The molecule has 2 rings (SSSR count). The minimum absolute atomic E-state index is 0.0979. The van der Waals surface area contributed by atoms with Crippen LogP contribution in [-0.2, 0) is 4.79 Å². The van der Waals surface area contributed by atoms with Crippen molar-refractivity contribution in [3.63, 3.8) is 0 Å². The molecule has 1 aliphatic rings. The number of piperidine rings is 1. The molecule has 0 unspecified atom stereocenters. The molecule has 26 heavy (non-hydrogen) atoms. The Balaban J connectivity index is 1.92. The van der Waals surface area contributed by atoms with Crippen molar-refractivity contribution in [3.8, 4) is 5.88 Å². The molecule has 2 heterocycles. The van der Waals surface area contributed by atoms with E-state index in [1.807, 2.05) is 19.9 Å². The smallest absolute Gasteiger partial charge is 0.407 e. The fraction of sp³-hybridized carbons (Fsp3) is 0.611. The van der Waals surface area contributed by atoms with E-state index >= 15 is 0 Å². The van der Waals surface area contributed by atoms with Crippen LogP contribution in [0.1, 0.15) is 31.4 Å². The van der Waals surface area contributed by atoms with Crippen LogP contribution in [0.3, 0.4) is 0 Å². The highest BCUT2D eigenvalue weighted by Crippen LogP contribution is 2.22. The first-order valence-electron chi connectivity index (χ1n) is 8.59. The maximum absolute atomic E-state index is 14.2. The number of rotatable bonds is 5. The van der Waals surface area contributed by atoms with Gasteiger partial charge in [0.1, 0.15) is 12.8 Å². The van der Waals surface area contributed by atoms with Crippen molar-refractivity contribution in [1.82, 2.24) is 15.2 Å². The number of carboxylic acid groups (broad SMARTS) is 1. The molecule has 0 spiro atoms. The van der Waals surface area contributed by atoms with Crippen LogP contribution >= 0.6 is 0 Å². The Morgan fingerprint density at radius 2 is 2.15 bits per heavy atom. The Morgan fingerprint density at radius 1 is 1.46 bits per heavy atom. The highest BCUT2D eigenvalue weighted by molar-refractivity contribution is 5.82. The zero-order chi connectivity index (χ0) is 19.5. The summed E-state index contributed by atoms with van der Waals surface area (Å²) in [7, 11) is 0. The van der Waals surface area contributed by atoms with E-state index in [9.17, 15) is 14.0 Å². The number of pyridine rings is 1. The van der Waals surface area contributed by atoms with E-state index in [4.69, 9.17) is 9.84 Å². The van der Waals surface area contributed by atoms with Crippen LogP contribution in [0.15, 0.2) is 12.3 Å². The van der Waals surface area contributed by atoms with Crippen LogP contribution in [0.4, 0.5) is 9.18 Å². The highest BCUT2D eigenvalue weighted by atomic mass is 19.1. The van der Waals surface area contributed by atoms with E-state index in [0.29, 0.717) is 5.88 Å². The van der Waals surface area contributed by atoms with E-state index in [-0.39, 0.29) is 32.0 Å². The molecule has 1 fully saturated rings. The number of nitrogens with zero attached hydrogens (tertiary/aromatic N) is 2. The quantitative estimate of drug-likeness (QED) is 0.833. The molecule has 1 aromatic rings. The Kier molecular flexibility index (Phi) is 6.05. The lowest BCUT2D eigenvalue weighted by molar-refractivity contribution is -0.132. The SMILES string of the molecule is Cc1cnc(OCC(C)(C)C(=O)N[C@H]2CCN(C(=O)O)C[C@@H]2F)c(C)c1. The van der Waals surface area contributed by atoms with Crippen molar-refractivity contribution in [3.05, 3.63) is 23.4 Å². The summed E-state index contributed by atoms with van der Waals surface area (Å²) in [5.41, 5.74) is 1.02. The molecule has 8 heteroatoms. The first-order chi connectivity index (χ1) is 12.1. The largest absolute Gasteiger partial charge is 0.476 e.